The van der Waals surface area contributed by atoms with Crippen LogP contribution in [0.15, 0.2) is 0 Å². The Labute approximate surface area is 93.8 Å². The van der Waals surface area contributed by atoms with Gasteiger partial charge in [0.2, 0.25) is 0 Å². The first-order valence-corrected chi connectivity index (χ1v) is 5.84. The van der Waals surface area contributed by atoms with Gasteiger partial charge in [0.15, 0.2) is 0 Å². The van der Waals surface area contributed by atoms with Crippen LogP contribution in [0.25, 0.3) is 0 Å². The highest BCUT2D eigenvalue weighted by molar-refractivity contribution is 5.66. The van der Waals surface area contributed by atoms with Crippen molar-refractivity contribution in [3.8, 4) is 0 Å². The molecular formula is C12H27NO2. The van der Waals surface area contributed by atoms with Crippen molar-refractivity contribution in [3.63, 3.8) is 0 Å². The standard InChI is InChI=1S/C12H24O2.H3N/c1-11(2)9-7-5-3-4-6-8-10-12(13)14;/h11H,3-10H2,1-2H3,(H,13,14);1H3. The Hall–Kier alpha value is -0.570. The van der Waals surface area contributed by atoms with Crippen molar-refractivity contribution in [1.82, 2.24) is 6.15 Å². The molecule has 0 amide bonds. The Morgan fingerprint density at radius 3 is 1.93 bits per heavy atom. The lowest BCUT2D eigenvalue weighted by Crippen LogP contribution is -1.93. The van der Waals surface area contributed by atoms with Crippen molar-refractivity contribution in [2.24, 2.45) is 5.92 Å². The van der Waals surface area contributed by atoms with E-state index in [-0.39, 0.29) is 6.15 Å². The zero-order valence-corrected chi connectivity index (χ0v) is 10.3. The molecular weight excluding hydrogens is 190 g/mol. The average Bonchev–Trinajstić information content (AvgIpc) is 2.08. The third kappa shape index (κ3) is 16.1. The van der Waals surface area contributed by atoms with Crippen LogP contribution >= 0.6 is 0 Å². The Morgan fingerprint density at radius 2 is 1.47 bits per heavy atom. The number of rotatable bonds is 9. The molecule has 0 radical (unpaired) electrons. The van der Waals surface area contributed by atoms with Gasteiger partial charge in [-0.1, -0.05) is 52.4 Å². The lowest BCUT2D eigenvalue weighted by atomic mass is 10.0. The normalized spacial score (nSPS) is 10.1. The minimum absolute atomic E-state index is 0. The summed E-state index contributed by atoms with van der Waals surface area (Å²) in [5.41, 5.74) is 0. The molecule has 0 aliphatic heterocycles. The highest BCUT2D eigenvalue weighted by Gasteiger charge is 1.97. The molecule has 0 aromatic rings. The van der Waals surface area contributed by atoms with Gasteiger partial charge in [-0.05, 0) is 12.3 Å². The van der Waals surface area contributed by atoms with Crippen LogP contribution in [0.1, 0.15) is 65.2 Å². The minimum atomic E-state index is -0.662. The molecule has 0 spiro atoms. The van der Waals surface area contributed by atoms with E-state index in [4.69, 9.17) is 5.11 Å². The van der Waals surface area contributed by atoms with Crippen LogP contribution in [0, 0.1) is 5.92 Å². The second kappa shape index (κ2) is 11.5. The number of hydrogen-bond donors (Lipinski definition) is 2. The number of hydrogen-bond acceptors (Lipinski definition) is 2. The number of unbranched alkanes of at least 4 members (excludes halogenated alkanes) is 5. The highest BCUT2D eigenvalue weighted by atomic mass is 16.4. The Bertz CT molecular complexity index is 147. The summed E-state index contributed by atoms with van der Waals surface area (Å²) in [6.07, 6.45) is 8.70. The molecule has 0 saturated carbocycles. The van der Waals surface area contributed by atoms with E-state index >= 15 is 0 Å². The maximum atomic E-state index is 10.2. The van der Waals surface area contributed by atoms with Gasteiger partial charge in [-0.2, -0.15) is 0 Å². The molecule has 0 atom stereocenters. The van der Waals surface area contributed by atoms with Gasteiger partial charge < -0.3 is 11.3 Å². The van der Waals surface area contributed by atoms with Gasteiger partial charge in [0.25, 0.3) is 0 Å². The van der Waals surface area contributed by atoms with Crippen LogP contribution < -0.4 is 6.15 Å². The van der Waals surface area contributed by atoms with Crippen LogP contribution in [0.5, 0.6) is 0 Å². The van der Waals surface area contributed by atoms with Crippen LogP contribution in [0.4, 0.5) is 0 Å². The maximum absolute atomic E-state index is 10.2. The van der Waals surface area contributed by atoms with Crippen LogP contribution in [-0.4, -0.2) is 11.1 Å². The number of carbonyl (C=O) groups is 1. The van der Waals surface area contributed by atoms with Crippen molar-refractivity contribution >= 4 is 5.97 Å². The van der Waals surface area contributed by atoms with E-state index in [9.17, 15) is 4.79 Å². The maximum Gasteiger partial charge on any atom is 0.303 e. The van der Waals surface area contributed by atoms with E-state index in [1.807, 2.05) is 0 Å². The third-order valence-electron chi connectivity index (χ3n) is 2.42. The zero-order chi connectivity index (χ0) is 10.8. The Balaban J connectivity index is 0. The smallest absolute Gasteiger partial charge is 0.303 e. The molecule has 0 heterocycles. The van der Waals surface area contributed by atoms with Crippen LogP contribution in [0.2, 0.25) is 0 Å². The molecule has 3 heteroatoms. The second-order valence-electron chi connectivity index (χ2n) is 4.45. The summed E-state index contributed by atoms with van der Waals surface area (Å²) >= 11 is 0. The molecule has 15 heavy (non-hydrogen) atoms. The molecule has 0 rings (SSSR count). The van der Waals surface area contributed by atoms with Crippen molar-refractivity contribution in [1.29, 1.82) is 0 Å². The summed E-state index contributed by atoms with van der Waals surface area (Å²) in [6.45, 7) is 4.51. The van der Waals surface area contributed by atoms with E-state index in [2.05, 4.69) is 13.8 Å². The fraction of sp³-hybridized carbons (Fsp3) is 0.917. The summed E-state index contributed by atoms with van der Waals surface area (Å²) in [5.74, 6) is 0.159. The molecule has 0 saturated heterocycles. The summed E-state index contributed by atoms with van der Waals surface area (Å²) in [4.78, 5) is 10.2. The highest BCUT2D eigenvalue weighted by Crippen LogP contribution is 2.11. The zero-order valence-electron chi connectivity index (χ0n) is 10.3. The number of carboxylic acid groups (broad SMARTS) is 1. The molecule has 0 fully saturated rings. The molecule has 0 bridgehead atoms. The second-order valence-corrected chi connectivity index (χ2v) is 4.45. The molecule has 0 aromatic carbocycles. The first-order valence-electron chi connectivity index (χ1n) is 5.84. The predicted molar refractivity (Wildman–Crippen MR) is 64.4 cm³/mol. The van der Waals surface area contributed by atoms with Gasteiger partial charge in [0.05, 0.1) is 0 Å². The summed E-state index contributed by atoms with van der Waals surface area (Å²) in [6, 6.07) is 0. The van der Waals surface area contributed by atoms with E-state index in [1.54, 1.807) is 0 Å². The molecule has 3 nitrogen and oxygen atoms in total. The summed E-state index contributed by atoms with van der Waals surface area (Å²) < 4.78 is 0. The average molecular weight is 217 g/mol. The minimum Gasteiger partial charge on any atom is -0.481 e. The molecule has 92 valence electrons. The van der Waals surface area contributed by atoms with E-state index in [0.29, 0.717) is 6.42 Å². The van der Waals surface area contributed by atoms with E-state index < -0.39 is 5.97 Å². The SMILES string of the molecule is CC(C)CCCCCCCCC(=O)O.N. The van der Waals surface area contributed by atoms with Crippen molar-refractivity contribution < 1.29 is 9.90 Å². The number of aliphatic carboxylic acids is 1. The van der Waals surface area contributed by atoms with Gasteiger partial charge in [0.1, 0.15) is 0 Å². The number of carboxylic acids is 1. The largest absolute Gasteiger partial charge is 0.481 e. The summed E-state index contributed by atoms with van der Waals surface area (Å²) in [5, 5.41) is 8.42. The monoisotopic (exact) mass is 217 g/mol. The summed E-state index contributed by atoms with van der Waals surface area (Å²) in [7, 11) is 0. The van der Waals surface area contributed by atoms with Gasteiger partial charge in [-0.3, -0.25) is 4.79 Å². The van der Waals surface area contributed by atoms with Gasteiger partial charge in [-0.25, -0.2) is 0 Å². The Morgan fingerprint density at radius 1 is 1.00 bits per heavy atom. The van der Waals surface area contributed by atoms with Crippen molar-refractivity contribution in [3.05, 3.63) is 0 Å². The first kappa shape index (κ1) is 16.8. The van der Waals surface area contributed by atoms with Crippen LogP contribution in [-0.2, 0) is 4.79 Å². The molecule has 4 N–H and O–H groups in total. The van der Waals surface area contributed by atoms with Gasteiger partial charge in [-0.15, -0.1) is 0 Å². The lowest BCUT2D eigenvalue weighted by Gasteiger charge is -2.03. The van der Waals surface area contributed by atoms with Crippen LogP contribution in [0.3, 0.4) is 0 Å². The Kier molecular flexibility index (Phi) is 12.9. The van der Waals surface area contributed by atoms with Gasteiger partial charge in [0, 0.05) is 6.42 Å². The first-order chi connectivity index (χ1) is 6.63. The third-order valence-corrected chi connectivity index (χ3v) is 2.42. The fourth-order valence-electron chi connectivity index (χ4n) is 1.54. The fourth-order valence-corrected chi connectivity index (χ4v) is 1.54. The molecule has 0 aliphatic carbocycles. The predicted octanol–water partition coefficient (Wildman–Crippen LogP) is 4.01. The van der Waals surface area contributed by atoms with E-state index in [0.717, 1.165) is 18.8 Å². The van der Waals surface area contributed by atoms with E-state index in [1.165, 1.54) is 32.1 Å². The molecule has 0 aliphatic rings. The lowest BCUT2D eigenvalue weighted by molar-refractivity contribution is -0.137. The van der Waals surface area contributed by atoms with Crippen molar-refractivity contribution in [2.45, 2.75) is 65.2 Å². The van der Waals surface area contributed by atoms with Gasteiger partial charge >= 0.3 is 5.97 Å². The van der Waals surface area contributed by atoms with Crippen molar-refractivity contribution in [2.75, 3.05) is 0 Å². The topological polar surface area (TPSA) is 72.3 Å². The molecule has 0 unspecified atom stereocenters. The molecule has 0 aromatic heterocycles. The quantitative estimate of drug-likeness (QED) is 0.573.